The number of hydrogen-bond acceptors (Lipinski definition) is 6. The Morgan fingerprint density at radius 3 is 2.81 bits per heavy atom. The summed E-state index contributed by atoms with van der Waals surface area (Å²) >= 11 is 1.34. The number of rotatable bonds is 2. The molecule has 0 atom stereocenters. The number of nitrogen functional groups attached to an aromatic ring is 1. The van der Waals surface area contributed by atoms with Crippen LogP contribution >= 0.6 is 11.3 Å². The quantitative estimate of drug-likeness (QED) is 0.801. The van der Waals surface area contributed by atoms with Gasteiger partial charge in [-0.25, -0.2) is 0 Å². The summed E-state index contributed by atoms with van der Waals surface area (Å²) in [6.07, 6.45) is 0. The molecule has 0 aliphatic heterocycles. The minimum atomic E-state index is 0.409. The van der Waals surface area contributed by atoms with Crippen molar-refractivity contribution in [1.29, 1.82) is 5.26 Å². The van der Waals surface area contributed by atoms with Crippen molar-refractivity contribution in [3.8, 4) is 17.0 Å². The number of nitriles is 1. The van der Waals surface area contributed by atoms with Crippen LogP contribution in [0.3, 0.4) is 0 Å². The van der Waals surface area contributed by atoms with E-state index >= 15 is 0 Å². The van der Waals surface area contributed by atoms with E-state index in [1.165, 1.54) is 11.3 Å². The van der Waals surface area contributed by atoms with Gasteiger partial charge in [0.2, 0.25) is 0 Å². The molecule has 0 spiro atoms. The summed E-state index contributed by atoms with van der Waals surface area (Å²) in [5.74, 6) is 0.482. The first kappa shape index (κ1) is 10.4. The molecule has 80 valence electrons. The van der Waals surface area contributed by atoms with Gasteiger partial charge in [0.05, 0.1) is 17.3 Å². The summed E-state index contributed by atoms with van der Waals surface area (Å²) in [6, 6.07) is 6.84. The fourth-order valence-electron chi connectivity index (χ4n) is 1.12. The number of hydrogen-bond donors (Lipinski definition) is 1. The van der Waals surface area contributed by atoms with Crippen molar-refractivity contribution in [2.75, 3.05) is 5.73 Å². The smallest absolute Gasteiger partial charge is 0.299 e. The third kappa shape index (κ3) is 2.10. The summed E-state index contributed by atoms with van der Waals surface area (Å²) in [7, 11) is 0. The van der Waals surface area contributed by atoms with Crippen LogP contribution in [-0.4, -0.2) is 10.2 Å². The molecular formula is C10H8N4OS. The highest BCUT2D eigenvalue weighted by Crippen LogP contribution is 2.29. The molecule has 2 rings (SSSR count). The molecule has 0 aliphatic carbocycles. The zero-order valence-corrected chi connectivity index (χ0v) is 9.28. The van der Waals surface area contributed by atoms with Crippen LogP contribution in [0.4, 0.5) is 5.69 Å². The Morgan fingerprint density at radius 2 is 2.25 bits per heavy atom. The molecule has 2 aromatic rings. The van der Waals surface area contributed by atoms with Crippen LogP contribution in [0.2, 0.25) is 0 Å². The van der Waals surface area contributed by atoms with Gasteiger partial charge in [0, 0.05) is 0 Å². The SMILES string of the molecule is Cc1nnc(Oc2ccc(C#N)cc2N)s1. The first-order chi connectivity index (χ1) is 7.69. The van der Waals surface area contributed by atoms with Gasteiger partial charge in [-0.1, -0.05) is 16.4 Å². The molecule has 0 fully saturated rings. The van der Waals surface area contributed by atoms with E-state index in [1.54, 1.807) is 18.2 Å². The molecule has 0 unspecified atom stereocenters. The van der Waals surface area contributed by atoms with Crippen LogP contribution in [-0.2, 0) is 0 Å². The molecule has 2 N–H and O–H groups in total. The van der Waals surface area contributed by atoms with Crippen LogP contribution < -0.4 is 10.5 Å². The van der Waals surface area contributed by atoms with Crippen LogP contribution in [0, 0.1) is 18.3 Å². The highest BCUT2D eigenvalue weighted by atomic mass is 32.1. The maximum atomic E-state index is 8.68. The van der Waals surface area contributed by atoms with Gasteiger partial charge in [-0.15, -0.1) is 5.10 Å². The van der Waals surface area contributed by atoms with Crippen molar-refractivity contribution >= 4 is 17.0 Å². The zero-order valence-electron chi connectivity index (χ0n) is 8.47. The average Bonchev–Trinajstić information content (AvgIpc) is 2.67. The Balaban J connectivity index is 2.26. The average molecular weight is 232 g/mol. The van der Waals surface area contributed by atoms with Gasteiger partial charge in [0.1, 0.15) is 5.01 Å². The lowest BCUT2D eigenvalue weighted by Crippen LogP contribution is -1.92. The number of nitrogens with two attached hydrogens (primary N) is 1. The molecule has 0 saturated heterocycles. The maximum absolute atomic E-state index is 8.68. The summed E-state index contributed by atoms with van der Waals surface area (Å²) < 4.78 is 5.44. The molecule has 5 nitrogen and oxygen atoms in total. The van der Waals surface area contributed by atoms with Crippen molar-refractivity contribution in [3.63, 3.8) is 0 Å². The van der Waals surface area contributed by atoms with Crippen molar-refractivity contribution in [2.45, 2.75) is 6.92 Å². The fourth-order valence-corrected chi connectivity index (χ4v) is 1.67. The van der Waals surface area contributed by atoms with Gasteiger partial charge in [-0.05, 0) is 25.1 Å². The van der Waals surface area contributed by atoms with Gasteiger partial charge < -0.3 is 10.5 Å². The minimum absolute atomic E-state index is 0.409. The maximum Gasteiger partial charge on any atom is 0.299 e. The van der Waals surface area contributed by atoms with E-state index in [9.17, 15) is 0 Å². The molecule has 0 amide bonds. The van der Waals surface area contributed by atoms with E-state index in [2.05, 4.69) is 10.2 Å². The monoisotopic (exact) mass is 232 g/mol. The molecular weight excluding hydrogens is 224 g/mol. The van der Waals surface area contributed by atoms with Gasteiger partial charge in [0.15, 0.2) is 5.75 Å². The van der Waals surface area contributed by atoms with Gasteiger partial charge in [-0.3, -0.25) is 0 Å². The molecule has 0 saturated carbocycles. The second-order valence-corrected chi connectivity index (χ2v) is 4.20. The third-order valence-electron chi connectivity index (χ3n) is 1.84. The Hall–Kier alpha value is -2.13. The van der Waals surface area contributed by atoms with Gasteiger partial charge in [-0.2, -0.15) is 5.26 Å². The Labute approximate surface area is 96.1 Å². The predicted octanol–water partition coefficient (Wildman–Crippen LogP) is 2.09. The van der Waals surface area contributed by atoms with E-state index in [4.69, 9.17) is 15.7 Å². The Kier molecular flexibility index (Phi) is 2.70. The number of anilines is 1. The minimum Gasteiger partial charge on any atom is -0.428 e. The van der Waals surface area contributed by atoms with Crippen molar-refractivity contribution in [1.82, 2.24) is 10.2 Å². The number of ether oxygens (including phenoxy) is 1. The van der Waals surface area contributed by atoms with Crippen LogP contribution in [0.5, 0.6) is 10.9 Å². The lowest BCUT2D eigenvalue weighted by Gasteiger charge is -2.04. The highest BCUT2D eigenvalue weighted by Gasteiger charge is 2.06. The van der Waals surface area contributed by atoms with E-state index in [0.29, 0.717) is 22.2 Å². The molecule has 0 bridgehead atoms. The topological polar surface area (TPSA) is 84.8 Å². The molecule has 1 aromatic carbocycles. The van der Waals surface area contributed by atoms with Crippen LogP contribution in [0.15, 0.2) is 18.2 Å². The molecule has 16 heavy (non-hydrogen) atoms. The largest absolute Gasteiger partial charge is 0.428 e. The lowest BCUT2D eigenvalue weighted by molar-refractivity contribution is 0.475. The molecule has 0 aliphatic rings. The molecule has 0 radical (unpaired) electrons. The van der Waals surface area contributed by atoms with Gasteiger partial charge in [0.25, 0.3) is 5.19 Å². The number of nitrogens with zero attached hydrogens (tertiary/aromatic N) is 3. The summed E-state index contributed by atoms with van der Waals surface area (Å²) in [4.78, 5) is 0. The fraction of sp³-hybridized carbons (Fsp3) is 0.100. The van der Waals surface area contributed by atoms with E-state index in [-0.39, 0.29) is 0 Å². The molecule has 1 heterocycles. The van der Waals surface area contributed by atoms with Crippen molar-refractivity contribution < 1.29 is 4.74 Å². The second-order valence-electron chi connectivity index (χ2n) is 3.05. The first-order valence-electron chi connectivity index (χ1n) is 4.46. The number of benzene rings is 1. The number of aryl methyl sites for hydroxylation is 1. The summed E-state index contributed by atoms with van der Waals surface area (Å²) in [5, 5.41) is 17.6. The predicted molar refractivity (Wildman–Crippen MR) is 60.3 cm³/mol. The van der Waals surface area contributed by atoms with E-state index < -0.39 is 0 Å². The van der Waals surface area contributed by atoms with Gasteiger partial charge >= 0.3 is 0 Å². The first-order valence-corrected chi connectivity index (χ1v) is 5.28. The zero-order chi connectivity index (χ0) is 11.5. The summed E-state index contributed by atoms with van der Waals surface area (Å²) in [6.45, 7) is 1.84. The van der Waals surface area contributed by atoms with Crippen molar-refractivity contribution in [3.05, 3.63) is 28.8 Å². The number of aromatic nitrogens is 2. The third-order valence-corrected chi connectivity index (χ3v) is 2.56. The van der Waals surface area contributed by atoms with E-state index in [1.807, 2.05) is 13.0 Å². The Morgan fingerprint density at radius 1 is 1.44 bits per heavy atom. The second kappa shape index (κ2) is 4.16. The van der Waals surface area contributed by atoms with E-state index in [0.717, 1.165) is 5.01 Å². The Bertz CT molecular complexity index is 558. The molecule has 1 aromatic heterocycles. The standard InChI is InChI=1S/C10H8N4OS/c1-6-13-14-10(16-6)15-9-3-2-7(5-11)4-8(9)12/h2-4H,12H2,1H3. The normalized spacial score (nSPS) is 9.75. The van der Waals surface area contributed by atoms with Crippen LogP contribution in [0.25, 0.3) is 0 Å². The van der Waals surface area contributed by atoms with Crippen molar-refractivity contribution in [2.24, 2.45) is 0 Å². The summed E-state index contributed by atoms with van der Waals surface area (Å²) in [5.41, 5.74) is 6.64. The van der Waals surface area contributed by atoms with Crippen LogP contribution in [0.1, 0.15) is 10.6 Å². The molecule has 6 heteroatoms. The lowest BCUT2D eigenvalue weighted by atomic mass is 10.2. The highest BCUT2D eigenvalue weighted by molar-refractivity contribution is 7.13.